The Labute approximate surface area is 118 Å². The van der Waals surface area contributed by atoms with Gasteiger partial charge >= 0.3 is 0 Å². The van der Waals surface area contributed by atoms with E-state index in [1.54, 1.807) is 0 Å². The van der Waals surface area contributed by atoms with E-state index in [4.69, 9.17) is 22.1 Å². The van der Waals surface area contributed by atoms with Crippen molar-refractivity contribution < 1.29 is 13.2 Å². The lowest BCUT2D eigenvalue weighted by Crippen LogP contribution is -2.51. The Morgan fingerprint density at radius 2 is 2.21 bits per heavy atom. The number of nitrogen functional groups attached to an aromatic ring is 1. The van der Waals surface area contributed by atoms with Crippen LogP contribution in [0.2, 0.25) is 5.02 Å². The maximum Gasteiger partial charge on any atom is 0.241 e. The molecule has 0 aromatic heterocycles. The third-order valence-corrected chi connectivity index (χ3v) is 5.06. The van der Waals surface area contributed by atoms with Gasteiger partial charge in [0.25, 0.3) is 0 Å². The Morgan fingerprint density at radius 1 is 1.47 bits per heavy atom. The summed E-state index contributed by atoms with van der Waals surface area (Å²) in [5.74, 6) is 0. The predicted molar refractivity (Wildman–Crippen MR) is 74.6 cm³/mol. The van der Waals surface area contributed by atoms with E-state index in [1.807, 2.05) is 6.92 Å². The van der Waals surface area contributed by atoms with Gasteiger partial charge in [-0.1, -0.05) is 11.6 Å². The molecule has 1 unspecified atom stereocenters. The maximum absolute atomic E-state index is 12.3. The minimum atomic E-state index is -3.63. The molecule has 3 N–H and O–H groups in total. The van der Waals surface area contributed by atoms with Crippen LogP contribution in [0.3, 0.4) is 0 Å². The summed E-state index contributed by atoms with van der Waals surface area (Å²) in [6.45, 7) is 2.88. The van der Waals surface area contributed by atoms with Crippen molar-refractivity contribution in [3.05, 3.63) is 23.2 Å². The quantitative estimate of drug-likeness (QED) is 0.834. The third-order valence-electron chi connectivity index (χ3n) is 3.10. The first kappa shape index (κ1) is 14.6. The molecule has 0 radical (unpaired) electrons. The number of nitrogens with two attached hydrogens (primary N) is 1. The van der Waals surface area contributed by atoms with Gasteiger partial charge in [-0.2, -0.15) is 0 Å². The molecule has 1 aliphatic heterocycles. The molecule has 0 amide bonds. The van der Waals surface area contributed by atoms with Gasteiger partial charge in [0, 0.05) is 6.61 Å². The van der Waals surface area contributed by atoms with Crippen molar-refractivity contribution in [1.82, 2.24) is 4.72 Å². The summed E-state index contributed by atoms with van der Waals surface area (Å²) < 4.78 is 32.6. The fourth-order valence-electron chi connectivity index (χ4n) is 2.07. The van der Waals surface area contributed by atoms with E-state index < -0.39 is 15.6 Å². The molecule has 1 aliphatic rings. The van der Waals surface area contributed by atoms with Crippen molar-refractivity contribution in [3.63, 3.8) is 0 Å². The molecule has 7 heteroatoms. The Hall–Kier alpha value is -0.820. The Bertz CT molecular complexity index is 568. The number of hydrogen-bond donors (Lipinski definition) is 2. The first-order valence-corrected chi connectivity index (χ1v) is 7.85. The minimum Gasteiger partial charge on any atom is -0.398 e. The molecule has 1 atom stereocenters. The minimum absolute atomic E-state index is 0.110. The normalized spacial score (nSPS) is 24.3. The fourth-order valence-corrected chi connectivity index (χ4v) is 3.77. The van der Waals surface area contributed by atoms with E-state index in [0.717, 1.165) is 12.8 Å². The van der Waals surface area contributed by atoms with Crippen LogP contribution in [0.15, 0.2) is 23.1 Å². The molecule has 5 nitrogen and oxygen atoms in total. The monoisotopic (exact) mass is 304 g/mol. The van der Waals surface area contributed by atoms with Gasteiger partial charge in [-0.15, -0.1) is 0 Å². The van der Waals surface area contributed by atoms with Gasteiger partial charge in [0.1, 0.15) is 0 Å². The molecule has 19 heavy (non-hydrogen) atoms. The lowest BCUT2D eigenvalue weighted by Gasteiger charge is -2.33. The number of rotatable bonds is 3. The predicted octanol–water partition coefficient (Wildman–Crippen LogP) is 1.77. The van der Waals surface area contributed by atoms with Crippen molar-refractivity contribution >= 4 is 27.3 Å². The summed E-state index contributed by atoms with van der Waals surface area (Å²) >= 11 is 5.86. The highest BCUT2D eigenvalue weighted by Gasteiger charge is 2.33. The standard InChI is InChI=1S/C12H17ClN2O3S/c1-12(5-2-6-18-8-12)15-19(16,17)9-3-4-11(14)10(13)7-9/h3-4,7,15H,2,5-6,8,14H2,1H3. The fraction of sp³-hybridized carbons (Fsp3) is 0.500. The highest BCUT2D eigenvalue weighted by molar-refractivity contribution is 7.89. The van der Waals surface area contributed by atoms with Gasteiger partial charge < -0.3 is 10.5 Å². The van der Waals surface area contributed by atoms with Crippen LogP contribution in [0.25, 0.3) is 0 Å². The summed E-state index contributed by atoms with van der Waals surface area (Å²) in [5.41, 5.74) is 5.35. The molecule has 0 saturated carbocycles. The van der Waals surface area contributed by atoms with Crippen LogP contribution in [-0.2, 0) is 14.8 Å². The van der Waals surface area contributed by atoms with E-state index in [2.05, 4.69) is 4.72 Å². The lowest BCUT2D eigenvalue weighted by atomic mass is 9.97. The van der Waals surface area contributed by atoms with E-state index in [9.17, 15) is 8.42 Å². The zero-order chi connectivity index (χ0) is 14.1. The maximum atomic E-state index is 12.3. The van der Waals surface area contributed by atoms with Crippen LogP contribution in [0.5, 0.6) is 0 Å². The molecule has 1 fully saturated rings. The van der Waals surface area contributed by atoms with Gasteiger partial charge in [0.15, 0.2) is 0 Å². The molecular weight excluding hydrogens is 288 g/mol. The second kappa shape index (κ2) is 5.28. The number of nitrogens with one attached hydrogen (secondary N) is 1. The van der Waals surface area contributed by atoms with Gasteiger partial charge in [0.05, 0.1) is 27.8 Å². The van der Waals surface area contributed by atoms with Gasteiger partial charge in [-0.3, -0.25) is 0 Å². The van der Waals surface area contributed by atoms with Crippen molar-refractivity contribution in [1.29, 1.82) is 0 Å². The Kier molecular flexibility index (Phi) is 4.06. The van der Waals surface area contributed by atoms with Gasteiger partial charge in [-0.05, 0) is 38.0 Å². The van der Waals surface area contributed by atoms with Gasteiger partial charge in [0.2, 0.25) is 10.0 Å². The summed E-state index contributed by atoms with van der Waals surface area (Å²) in [5, 5.41) is 0.230. The average Bonchev–Trinajstić information content (AvgIpc) is 2.32. The van der Waals surface area contributed by atoms with Crippen molar-refractivity contribution in [3.8, 4) is 0 Å². The molecule has 1 aromatic carbocycles. The number of ether oxygens (including phenoxy) is 1. The zero-order valence-electron chi connectivity index (χ0n) is 10.6. The number of benzene rings is 1. The van der Waals surface area contributed by atoms with E-state index in [0.29, 0.717) is 18.9 Å². The second-order valence-corrected chi connectivity index (χ2v) is 7.10. The molecular formula is C12H17ClN2O3S. The molecule has 0 aliphatic carbocycles. The highest BCUT2D eigenvalue weighted by atomic mass is 35.5. The molecule has 0 bridgehead atoms. The van der Waals surface area contributed by atoms with E-state index in [-0.39, 0.29) is 9.92 Å². The van der Waals surface area contributed by atoms with Crippen molar-refractivity contribution in [2.24, 2.45) is 0 Å². The molecule has 1 heterocycles. The highest BCUT2D eigenvalue weighted by Crippen LogP contribution is 2.25. The summed E-state index contributed by atoms with van der Waals surface area (Å²) in [6.07, 6.45) is 1.58. The molecule has 2 rings (SSSR count). The van der Waals surface area contributed by atoms with Crippen molar-refractivity contribution in [2.75, 3.05) is 18.9 Å². The molecule has 106 valence electrons. The molecule has 1 aromatic rings. The van der Waals surface area contributed by atoms with Crippen LogP contribution in [0.1, 0.15) is 19.8 Å². The first-order valence-electron chi connectivity index (χ1n) is 5.99. The number of halogens is 1. The molecule has 0 spiro atoms. The van der Waals surface area contributed by atoms with E-state index >= 15 is 0 Å². The number of hydrogen-bond acceptors (Lipinski definition) is 4. The number of anilines is 1. The number of sulfonamides is 1. The third kappa shape index (κ3) is 3.39. The van der Waals surface area contributed by atoms with Crippen LogP contribution < -0.4 is 10.5 Å². The Morgan fingerprint density at radius 3 is 2.79 bits per heavy atom. The summed E-state index contributed by atoms with van der Waals surface area (Å²) in [7, 11) is -3.63. The SMILES string of the molecule is CC1(NS(=O)(=O)c2ccc(N)c(Cl)c2)CCCOC1. The second-order valence-electron chi connectivity index (χ2n) is 5.01. The van der Waals surface area contributed by atoms with E-state index in [1.165, 1.54) is 18.2 Å². The molecule has 1 saturated heterocycles. The zero-order valence-corrected chi connectivity index (χ0v) is 12.2. The average molecular weight is 305 g/mol. The van der Waals surface area contributed by atoms with Crippen LogP contribution in [0, 0.1) is 0 Å². The van der Waals surface area contributed by atoms with Crippen LogP contribution >= 0.6 is 11.6 Å². The van der Waals surface area contributed by atoms with Gasteiger partial charge in [-0.25, -0.2) is 13.1 Å². The van der Waals surface area contributed by atoms with Crippen molar-refractivity contribution in [2.45, 2.75) is 30.2 Å². The first-order chi connectivity index (χ1) is 8.82. The summed E-state index contributed by atoms with van der Waals surface area (Å²) in [4.78, 5) is 0.110. The van der Waals surface area contributed by atoms with Crippen LogP contribution in [0.4, 0.5) is 5.69 Å². The van der Waals surface area contributed by atoms with Crippen LogP contribution in [-0.4, -0.2) is 27.2 Å². The topological polar surface area (TPSA) is 81.4 Å². The largest absolute Gasteiger partial charge is 0.398 e. The summed E-state index contributed by atoms with van der Waals surface area (Å²) in [6, 6.07) is 4.28. The lowest BCUT2D eigenvalue weighted by molar-refractivity contribution is 0.0386. The Balaban J connectivity index is 2.24. The smallest absolute Gasteiger partial charge is 0.241 e.